The van der Waals surface area contributed by atoms with Gasteiger partial charge in [-0.25, -0.2) is 4.98 Å². The Balaban J connectivity index is 2.23. The summed E-state index contributed by atoms with van der Waals surface area (Å²) in [6, 6.07) is 8.29. The average molecular weight is 325 g/mol. The third kappa shape index (κ3) is 2.99. The molecule has 0 bridgehead atoms. The highest BCUT2D eigenvalue weighted by atomic mass is 79.9. The zero-order valence-corrected chi connectivity index (χ0v) is 13.2. The quantitative estimate of drug-likeness (QED) is 0.928. The molecule has 0 saturated carbocycles. The number of hydrogen-bond donors (Lipinski definition) is 1. The number of aryl methyl sites for hydroxylation is 2. The van der Waals surface area contributed by atoms with Crippen LogP contribution in [0, 0.1) is 13.8 Å². The molecule has 0 fully saturated rings. The zero-order chi connectivity index (χ0) is 13.3. The molecule has 18 heavy (non-hydrogen) atoms. The Hall–Kier alpha value is -0.710. The first-order chi connectivity index (χ1) is 8.38. The van der Waals surface area contributed by atoms with E-state index >= 15 is 0 Å². The summed E-state index contributed by atoms with van der Waals surface area (Å²) in [7, 11) is 0. The van der Waals surface area contributed by atoms with Gasteiger partial charge in [-0.3, -0.25) is 0 Å². The lowest BCUT2D eigenvalue weighted by Gasteiger charge is -2.22. The minimum atomic E-state index is -0.405. The van der Waals surface area contributed by atoms with Gasteiger partial charge in [0, 0.05) is 9.35 Å². The van der Waals surface area contributed by atoms with Crippen molar-refractivity contribution in [3.05, 3.63) is 49.9 Å². The highest BCUT2D eigenvalue weighted by molar-refractivity contribution is 9.10. The second kappa shape index (κ2) is 5.11. The fourth-order valence-electron chi connectivity index (χ4n) is 1.82. The molecule has 1 aromatic carbocycles. The molecule has 1 aromatic heterocycles. The van der Waals surface area contributed by atoms with Crippen molar-refractivity contribution in [1.29, 1.82) is 0 Å². The van der Waals surface area contributed by atoms with E-state index in [-0.39, 0.29) is 0 Å². The minimum absolute atomic E-state index is 0.405. The molecule has 0 radical (unpaired) electrons. The lowest BCUT2D eigenvalue weighted by atomic mass is 9.95. The normalized spacial score (nSPS) is 14.5. The van der Waals surface area contributed by atoms with Crippen LogP contribution in [0.4, 0.5) is 0 Å². The number of nitrogens with two attached hydrogens (primary N) is 1. The molecule has 2 nitrogen and oxygen atoms in total. The Kier molecular flexibility index (Phi) is 3.90. The van der Waals surface area contributed by atoms with Crippen LogP contribution in [-0.2, 0) is 12.0 Å². The highest BCUT2D eigenvalue weighted by Crippen LogP contribution is 2.28. The summed E-state index contributed by atoms with van der Waals surface area (Å²) in [5, 5.41) is 1.01. The maximum atomic E-state index is 6.43. The van der Waals surface area contributed by atoms with E-state index in [0.29, 0.717) is 0 Å². The van der Waals surface area contributed by atoms with Gasteiger partial charge in [0.15, 0.2) is 0 Å². The predicted octanol–water partition coefficient (Wildman–Crippen LogP) is 3.94. The van der Waals surface area contributed by atoms with Crippen LogP contribution in [-0.4, -0.2) is 4.98 Å². The summed E-state index contributed by atoms with van der Waals surface area (Å²) in [6.45, 7) is 6.17. The van der Waals surface area contributed by atoms with E-state index in [1.54, 1.807) is 11.3 Å². The molecule has 1 unspecified atom stereocenters. The summed E-state index contributed by atoms with van der Waals surface area (Å²) in [5.74, 6) is 0. The Morgan fingerprint density at radius 1 is 1.28 bits per heavy atom. The fraction of sp³-hybridized carbons (Fsp3) is 0.357. The van der Waals surface area contributed by atoms with E-state index < -0.39 is 5.54 Å². The zero-order valence-electron chi connectivity index (χ0n) is 10.8. The van der Waals surface area contributed by atoms with Gasteiger partial charge in [0.2, 0.25) is 0 Å². The molecule has 2 rings (SSSR count). The highest BCUT2D eigenvalue weighted by Gasteiger charge is 2.26. The van der Waals surface area contributed by atoms with Crippen LogP contribution in [0.25, 0.3) is 0 Å². The Bertz CT molecular complexity index is 524. The van der Waals surface area contributed by atoms with E-state index in [9.17, 15) is 0 Å². The van der Waals surface area contributed by atoms with Gasteiger partial charge in [-0.15, -0.1) is 11.3 Å². The first-order valence-corrected chi connectivity index (χ1v) is 7.47. The number of halogens is 1. The van der Waals surface area contributed by atoms with Gasteiger partial charge in [-0.1, -0.05) is 28.1 Å². The van der Waals surface area contributed by atoms with Crippen molar-refractivity contribution in [3.63, 3.8) is 0 Å². The Morgan fingerprint density at radius 3 is 2.39 bits per heavy atom. The third-order valence-corrected chi connectivity index (χ3v) is 4.88. The number of aromatic nitrogens is 1. The second-order valence-corrected chi connectivity index (χ2v) is 7.00. The molecule has 96 valence electrons. The van der Waals surface area contributed by atoms with Crippen LogP contribution in [0.5, 0.6) is 0 Å². The summed E-state index contributed by atoms with van der Waals surface area (Å²) in [5.41, 5.74) is 8.34. The van der Waals surface area contributed by atoms with Crippen LogP contribution in [0.3, 0.4) is 0 Å². The van der Waals surface area contributed by atoms with E-state index in [1.165, 1.54) is 10.4 Å². The Morgan fingerprint density at radius 2 is 1.89 bits per heavy atom. The standard InChI is InChI=1S/C14H17BrN2S/c1-9-10(2)18-13(17-9)14(3,16)8-11-4-6-12(15)7-5-11/h4-7H,8,16H2,1-3H3. The second-order valence-electron chi connectivity index (χ2n) is 4.88. The molecule has 0 spiro atoms. The Labute approximate surface area is 120 Å². The van der Waals surface area contributed by atoms with Crippen LogP contribution in [0.15, 0.2) is 28.7 Å². The van der Waals surface area contributed by atoms with Gasteiger partial charge >= 0.3 is 0 Å². The lowest BCUT2D eigenvalue weighted by Crippen LogP contribution is -2.35. The molecule has 2 N–H and O–H groups in total. The van der Waals surface area contributed by atoms with Crippen LogP contribution in [0.2, 0.25) is 0 Å². The minimum Gasteiger partial charge on any atom is -0.319 e. The summed E-state index contributed by atoms with van der Waals surface area (Å²) >= 11 is 5.14. The fourth-order valence-corrected chi connectivity index (χ4v) is 3.05. The molecular formula is C14H17BrN2S. The van der Waals surface area contributed by atoms with Gasteiger partial charge in [0.1, 0.15) is 5.01 Å². The smallest absolute Gasteiger partial charge is 0.113 e. The summed E-state index contributed by atoms with van der Waals surface area (Å²) in [6.07, 6.45) is 0.798. The SMILES string of the molecule is Cc1nc(C(C)(N)Cc2ccc(Br)cc2)sc1C. The molecule has 0 saturated heterocycles. The molecule has 1 atom stereocenters. The monoisotopic (exact) mass is 324 g/mol. The maximum absolute atomic E-state index is 6.43. The summed E-state index contributed by atoms with van der Waals surface area (Å²) in [4.78, 5) is 5.83. The van der Waals surface area contributed by atoms with Gasteiger partial charge in [0.05, 0.1) is 11.2 Å². The van der Waals surface area contributed by atoms with Crippen molar-refractivity contribution in [2.75, 3.05) is 0 Å². The van der Waals surface area contributed by atoms with Crippen molar-refractivity contribution in [2.24, 2.45) is 5.73 Å². The molecule has 0 amide bonds. The lowest BCUT2D eigenvalue weighted by molar-refractivity contribution is 0.487. The molecule has 0 aliphatic carbocycles. The predicted molar refractivity (Wildman–Crippen MR) is 81.0 cm³/mol. The average Bonchev–Trinajstić information content (AvgIpc) is 2.63. The van der Waals surface area contributed by atoms with Gasteiger partial charge in [-0.2, -0.15) is 0 Å². The van der Waals surface area contributed by atoms with Crippen molar-refractivity contribution in [1.82, 2.24) is 4.98 Å². The number of benzene rings is 1. The first kappa shape index (κ1) is 13.7. The van der Waals surface area contributed by atoms with Crippen LogP contribution in [0.1, 0.15) is 28.1 Å². The summed E-state index contributed by atoms with van der Waals surface area (Å²) < 4.78 is 1.09. The van der Waals surface area contributed by atoms with Gasteiger partial charge in [0.25, 0.3) is 0 Å². The molecule has 4 heteroatoms. The van der Waals surface area contributed by atoms with Crippen molar-refractivity contribution in [3.8, 4) is 0 Å². The number of hydrogen-bond acceptors (Lipinski definition) is 3. The van der Waals surface area contributed by atoms with E-state index in [1.807, 2.05) is 26.0 Å². The van der Waals surface area contributed by atoms with E-state index in [4.69, 9.17) is 5.73 Å². The van der Waals surface area contributed by atoms with Crippen LogP contribution < -0.4 is 5.73 Å². The number of nitrogens with zero attached hydrogens (tertiary/aromatic N) is 1. The molecule has 0 aliphatic rings. The molecule has 0 aliphatic heterocycles. The third-order valence-electron chi connectivity index (χ3n) is 3.00. The number of rotatable bonds is 3. The van der Waals surface area contributed by atoms with Crippen molar-refractivity contribution < 1.29 is 0 Å². The number of thiazole rings is 1. The molecular weight excluding hydrogens is 308 g/mol. The topological polar surface area (TPSA) is 38.9 Å². The van der Waals surface area contributed by atoms with E-state index in [0.717, 1.165) is 21.6 Å². The van der Waals surface area contributed by atoms with Crippen molar-refractivity contribution >= 4 is 27.3 Å². The molecule has 1 heterocycles. The maximum Gasteiger partial charge on any atom is 0.113 e. The van der Waals surface area contributed by atoms with Gasteiger partial charge < -0.3 is 5.73 Å². The largest absolute Gasteiger partial charge is 0.319 e. The van der Waals surface area contributed by atoms with Gasteiger partial charge in [-0.05, 0) is 44.9 Å². The van der Waals surface area contributed by atoms with Crippen LogP contribution >= 0.6 is 27.3 Å². The van der Waals surface area contributed by atoms with E-state index in [2.05, 4.69) is 40.0 Å². The van der Waals surface area contributed by atoms with Crippen molar-refractivity contribution in [2.45, 2.75) is 32.7 Å². The first-order valence-electron chi connectivity index (χ1n) is 5.86. The molecule has 2 aromatic rings.